The van der Waals surface area contributed by atoms with Crippen LogP contribution in [-0.4, -0.2) is 18.5 Å². The highest BCUT2D eigenvalue weighted by atomic mass is 35.5. The normalized spacial score (nSPS) is 19.2. The zero-order valence-electron chi connectivity index (χ0n) is 11.3. The maximum atomic E-state index is 11.9. The highest BCUT2D eigenvalue weighted by Gasteiger charge is 2.14. The Hall–Kier alpha value is -1.06. The Morgan fingerprint density at radius 2 is 2.32 bits per heavy atom. The fourth-order valence-electron chi connectivity index (χ4n) is 2.42. The van der Waals surface area contributed by atoms with Gasteiger partial charge in [-0.25, -0.2) is 0 Å². The van der Waals surface area contributed by atoms with E-state index in [0.717, 1.165) is 18.5 Å². The summed E-state index contributed by atoms with van der Waals surface area (Å²) in [5, 5.41) is 6.94. The largest absolute Gasteiger partial charge is 0.325 e. The SMILES string of the molecule is Cc1ccc(Cl)c(NC(=O)CCC2CCCCN2)c1. The molecule has 1 heterocycles. The molecule has 4 heteroatoms. The van der Waals surface area contributed by atoms with Crippen LogP contribution < -0.4 is 10.6 Å². The molecule has 2 N–H and O–H groups in total. The summed E-state index contributed by atoms with van der Waals surface area (Å²) in [7, 11) is 0. The fraction of sp³-hybridized carbons (Fsp3) is 0.533. The molecule has 19 heavy (non-hydrogen) atoms. The van der Waals surface area contributed by atoms with Gasteiger partial charge in [-0.05, 0) is 50.4 Å². The van der Waals surface area contributed by atoms with E-state index in [4.69, 9.17) is 11.6 Å². The molecule has 1 aliphatic heterocycles. The van der Waals surface area contributed by atoms with Crippen molar-refractivity contribution in [3.8, 4) is 0 Å². The van der Waals surface area contributed by atoms with E-state index in [-0.39, 0.29) is 5.91 Å². The molecule has 1 atom stereocenters. The predicted octanol–water partition coefficient (Wildman–Crippen LogP) is 3.51. The lowest BCUT2D eigenvalue weighted by molar-refractivity contribution is -0.116. The van der Waals surface area contributed by atoms with Crippen molar-refractivity contribution in [3.63, 3.8) is 0 Å². The summed E-state index contributed by atoms with van der Waals surface area (Å²) in [5.74, 6) is 0.0415. The van der Waals surface area contributed by atoms with Gasteiger partial charge in [0.2, 0.25) is 5.91 Å². The molecule has 1 unspecified atom stereocenters. The second-order valence-electron chi connectivity index (χ2n) is 5.22. The third-order valence-corrected chi connectivity index (χ3v) is 3.86. The lowest BCUT2D eigenvalue weighted by atomic mass is 10.0. The Labute approximate surface area is 119 Å². The minimum Gasteiger partial charge on any atom is -0.325 e. The number of piperidine rings is 1. The van der Waals surface area contributed by atoms with Gasteiger partial charge in [-0.15, -0.1) is 0 Å². The van der Waals surface area contributed by atoms with E-state index < -0.39 is 0 Å². The zero-order valence-corrected chi connectivity index (χ0v) is 12.1. The molecule has 104 valence electrons. The third kappa shape index (κ3) is 4.51. The predicted molar refractivity (Wildman–Crippen MR) is 79.7 cm³/mol. The summed E-state index contributed by atoms with van der Waals surface area (Å²) >= 11 is 6.06. The highest BCUT2D eigenvalue weighted by Crippen LogP contribution is 2.23. The van der Waals surface area contributed by atoms with Gasteiger partial charge in [0.1, 0.15) is 0 Å². The molecular formula is C15H21ClN2O. The van der Waals surface area contributed by atoms with E-state index in [9.17, 15) is 4.79 Å². The fourth-order valence-corrected chi connectivity index (χ4v) is 2.59. The third-order valence-electron chi connectivity index (χ3n) is 3.53. The molecule has 0 aromatic heterocycles. The molecule has 1 amide bonds. The van der Waals surface area contributed by atoms with Crippen molar-refractivity contribution in [1.82, 2.24) is 5.32 Å². The molecule has 2 rings (SSSR count). The van der Waals surface area contributed by atoms with Crippen LogP contribution in [0.2, 0.25) is 5.02 Å². The van der Waals surface area contributed by atoms with Crippen molar-refractivity contribution in [3.05, 3.63) is 28.8 Å². The first-order valence-electron chi connectivity index (χ1n) is 6.94. The van der Waals surface area contributed by atoms with Crippen LogP contribution in [-0.2, 0) is 4.79 Å². The molecule has 1 aliphatic rings. The van der Waals surface area contributed by atoms with Gasteiger partial charge < -0.3 is 10.6 Å². The van der Waals surface area contributed by atoms with E-state index in [1.54, 1.807) is 0 Å². The van der Waals surface area contributed by atoms with E-state index in [0.29, 0.717) is 23.2 Å². The number of rotatable bonds is 4. The molecule has 0 bridgehead atoms. The van der Waals surface area contributed by atoms with Crippen molar-refractivity contribution < 1.29 is 4.79 Å². The Morgan fingerprint density at radius 1 is 1.47 bits per heavy atom. The first-order valence-corrected chi connectivity index (χ1v) is 7.32. The van der Waals surface area contributed by atoms with E-state index in [1.807, 2.05) is 25.1 Å². The average molecular weight is 281 g/mol. The van der Waals surface area contributed by atoms with E-state index >= 15 is 0 Å². The summed E-state index contributed by atoms with van der Waals surface area (Å²) in [6, 6.07) is 6.14. The molecule has 0 spiro atoms. The van der Waals surface area contributed by atoms with Crippen LogP contribution >= 0.6 is 11.6 Å². The summed E-state index contributed by atoms with van der Waals surface area (Å²) in [5.41, 5.74) is 1.80. The second-order valence-corrected chi connectivity index (χ2v) is 5.62. The minimum atomic E-state index is 0.0415. The number of halogens is 1. The topological polar surface area (TPSA) is 41.1 Å². The zero-order chi connectivity index (χ0) is 13.7. The van der Waals surface area contributed by atoms with Crippen LogP contribution in [0, 0.1) is 6.92 Å². The Morgan fingerprint density at radius 3 is 3.05 bits per heavy atom. The molecule has 0 aliphatic carbocycles. The van der Waals surface area contributed by atoms with Gasteiger partial charge in [-0.2, -0.15) is 0 Å². The van der Waals surface area contributed by atoms with Crippen molar-refractivity contribution in [2.75, 3.05) is 11.9 Å². The number of benzene rings is 1. The van der Waals surface area contributed by atoms with Gasteiger partial charge in [0.15, 0.2) is 0 Å². The average Bonchev–Trinajstić information content (AvgIpc) is 2.42. The molecule has 0 saturated carbocycles. The monoisotopic (exact) mass is 280 g/mol. The van der Waals surface area contributed by atoms with Gasteiger partial charge in [-0.3, -0.25) is 4.79 Å². The Bertz CT molecular complexity index is 442. The number of aryl methyl sites for hydroxylation is 1. The first-order chi connectivity index (χ1) is 9.15. The quantitative estimate of drug-likeness (QED) is 0.886. The highest BCUT2D eigenvalue weighted by molar-refractivity contribution is 6.33. The molecule has 0 radical (unpaired) electrons. The van der Waals surface area contributed by atoms with Crippen LogP contribution in [0.15, 0.2) is 18.2 Å². The van der Waals surface area contributed by atoms with Gasteiger partial charge in [-0.1, -0.05) is 24.1 Å². The number of nitrogens with one attached hydrogen (secondary N) is 2. The van der Waals surface area contributed by atoms with Gasteiger partial charge in [0.05, 0.1) is 10.7 Å². The van der Waals surface area contributed by atoms with Gasteiger partial charge in [0, 0.05) is 12.5 Å². The summed E-state index contributed by atoms with van der Waals surface area (Å²) in [6.07, 6.45) is 5.14. The van der Waals surface area contributed by atoms with Crippen LogP contribution in [0.1, 0.15) is 37.7 Å². The van der Waals surface area contributed by atoms with Crippen molar-refractivity contribution in [1.29, 1.82) is 0 Å². The van der Waals surface area contributed by atoms with E-state index in [1.165, 1.54) is 19.3 Å². The van der Waals surface area contributed by atoms with Crippen LogP contribution in [0.4, 0.5) is 5.69 Å². The number of carbonyl (C=O) groups excluding carboxylic acids is 1. The summed E-state index contributed by atoms with van der Waals surface area (Å²) in [6.45, 7) is 3.06. The first kappa shape index (κ1) is 14.4. The molecule has 1 aromatic rings. The number of hydrogen-bond donors (Lipinski definition) is 2. The Balaban J connectivity index is 1.81. The lowest BCUT2D eigenvalue weighted by Crippen LogP contribution is -2.34. The van der Waals surface area contributed by atoms with E-state index in [2.05, 4.69) is 10.6 Å². The summed E-state index contributed by atoms with van der Waals surface area (Å²) < 4.78 is 0. The lowest BCUT2D eigenvalue weighted by Gasteiger charge is -2.23. The van der Waals surface area contributed by atoms with Crippen LogP contribution in [0.3, 0.4) is 0 Å². The molecule has 1 saturated heterocycles. The van der Waals surface area contributed by atoms with Crippen molar-refractivity contribution >= 4 is 23.2 Å². The molecule has 1 fully saturated rings. The maximum absolute atomic E-state index is 11.9. The second kappa shape index (κ2) is 6.92. The maximum Gasteiger partial charge on any atom is 0.224 e. The number of hydrogen-bond acceptors (Lipinski definition) is 2. The standard InChI is InChI=1S/C15H21ClN2O/c1-11-5-7-13(16)14(10-11)18-15(19)8-6-12-4-2-3-9-17-12/h5,7,10,12,17H,2-4,6,8-9H2,1H3,(H,18,19). The number of amides is 1. The van der Waals surface area contributed by atoms with Gasteiger partial charge >= 0.3 is 0 Å². The number of anilines is 1. The molecule has 1 aromatic carbocycles. The smallest absolute Gasteiger partial charge is 0.224 e. The number of carbonyl (C=O) groups is 1. The van der Waals surface area contributed by atoms with Crippen molar-refractivity contribution in [2.24, 2.45) is 0 Å². The van der Waals surface area contributed by atoms with Crippen LogP contribution in [0.25, 0.3) is 0 Å². The summed E-state index contributed by atoms with van der Waals surface area (Å²) in [4.78, 5) is 11.9. The van der Waals surface area contributed by atoms with Gasteiger partial charge in [0.25, 0.3) is 0 Å². The Kier molecular flexibility index (Phi) is 5.23. The molecule has 3 nitrogen and oxygen atoms in total. The minimum absolute atomic E-state index is 0.0415. The van der Waals surface area contributed by atoms with Crippen LogP contribution in [0.5, 0.6) is 0 Å². The van der Waals surface area contributed by atoms with Crippen molar-refractivity contribution in [2.45, 2.75) is 45.1 Å². The molecular weight excluding hydrogens is 260 g/mol.